The van der Waals surface area contributed by atoms with Crippen LogP contribution in [0.2, 0.25) is 0 Å². The van der Waals surface area contributed by atoms with Crippen molar-refractivity contribution in [1.29, 1.82) is 0 Å². The smallest absolute Gasteiger partial charge is 0.326 e. The number of imidazole rings is 1. The fourth-order valence-corrected chi connectivity index (χ4v) is 7.85. The van der Waals surface area contributed by atoms with Gasteiger partial charge in [0, 0.05) is 37.6 Å². The SMILES string of the molecule is CC(C)C[C@H](NC(=O)[C@H](Cc1ccccc1)NC(=O)[C@H](CCC(=O)O)NC(=O)[C@H](CC(=O)O)NC(=O)[C@@H](NC(=O)[C@@H](N)Cc1cnc[nH]1)C(C)C)C(=O)N[C@@H](CO)C(=O)N[C@@H](Cc1ccccc1)C(=O)N[C@H](C(=O)O)C(C)C. The second-order valence-electron chi connectivity index (χ2n) is 19.8. The number of carbonyl (C=O) groups is 11. The largest absolute Gasteiger partial charge is 0.481 e. The third kappa shape index (κ3) is 21.8. The number of H-pyrrole nitrogens is 1. The predicted molar refractivity (Wildman–Crippen MR) is 279 cm³/mol. The topological polar surface area (TPSA) is 420 Å². The van der Waals surface area contributed by atoms with Gasteiger partial charge in [0.1, 0.15) is 48.3 Å². The van der Waals surface area contributed by atoms with Crippen molar-refractivity contribution >= 4 is 65.2 Å². The molecule has 0 saturated carbocycles. The lowest BCUT2D eigenvalue weighted by atomic mass is 10.00. The van der Waals surface area contributed by atoms with Crippen LogP contribution in [-0.4, -0.2) is 157 Å². The maximum Gasteiger partial charge on any atom is 0.326 e. The van der Waals surface area contributed by atoms with Crippen LogP contribution in [0.25, 0.3) is 0 Å². The van der Waals surface area contributed by atoms with Gasteiger partial charge in [-0.25, -0.2) is 9.78 Å². The summed E-state index contributed by atoms with van der Waals surface area (Å²) >= 11 is 0. The summed E-state index contributed by atoms with van der Waals surface area (Å²) in [6.07, 6.45) is 0.0784. The lowest BCUT2D eigenvalue weighted by molar-refractivity contribution is -0.143. The first-order valence-electron chi connectivity index (χ1n) is 25.3. The third-order valence-corrected chi connectivity index (χ3v) is 12.1. The van der Waals surface area contributed by atoms with E-state index >= 15 is 0 Å². The summed E-state index contributed by atoms with van der Waals surface area (Å²) in [5, 5.41) is 59.0. The van der Waals surface area contributed by atoms with Gasteiger partial charge in [-0.3, -0.25) is 47.9 Å². The lowest BCUT2D eigenvalue weighted by Crippen LogP contribution is -2.61. The monoisotopic (exact) mass is 1090 g/mol. The molecule has 8 amide bonds. The van der Waals surface area contributed by atoms with Crippen LogP contribution in [0.5, 0.6) is 0 Å². The molecule has 3 aromatic rings. The minimum Gasteiger partial charge on any atom is -0.481 e. The summed E-state index contributed by atoms with van der Waals surface area (Å²) in [4.78, 5) is 153. The van der Waals surface area contributed by atoms with Crippen molar-refractivity contribution in [3.05, 3.63) is 90.0 Å². The van der Waals surface area contributed by atoms with Gasteiger partial charge in [0.25, 0.3) is 0 Å². The number of benzene rings is 2. The van der Waals surface area contributed by atoms with Gasteiger partial charge in [0.05, 0.1) is 25.4 Å². The molecule has 0 unspecified atom stereocenters. The number of hydrogen-bond donors (Lipinski definition) is 14. The third-order valence-electron chi connectivity index (χ3n) is 12.1. The number of carbonyl (C=O) groups excluding carboxylic acids is 8. The Morgan fingerprint density at radius 1 is 0.513 bits per heavy atom. The summed E-state index contributed by atoms with van der Waals surface area (Å²) < 4.78 is 0. The molecule has 15 N–H and O–H groups in total. The molecular weight excluding hydrogens is 1020 g/mol. The number of rotatable bonds is 33. The molecule has 0 aliphatic rings. The molecule has 0 fully saturated rings. The van der Waals surface area contributed by atoms with Crippen LogP contribution in [0.1, 0.15) is 84.0 Å². The Bertz CT molecular complexity index is 2510. The fraction of sp³-hybridized carbons (Fsp3) is 0.500. The summed E-state index contributed by atoms with van der Waals surface area (Å²) in [6.45, 7) is 8.73. The highest BCUT2D eigenvalue weighted by atomic mass is 16.4. The first-order chi connectivity index (χ1) is 36.8. The number of aliphatic hydroxyl groups excluding tert-OH is 1. The van der Waals surface area contributed by atoms with Crippen molar-refractivity contribution in [2.24, 2.45) is 23.5 Å². The van der Waals surface area contributed by atoms with Crippen LogP contribution in [0.4, 0.5) is 0 Å². The van der Waals surface area contributed by atoms with Crippen molar-refractivity contribution in [3.63, 3.8) is 0 Å². The zero-order valence-electron chi connectivity index (χ0n) is 44.3. The first-order valence-corrected chi connectivity index (χ1v) is 25.3. The summed E-state index contributed by atoms with van der Waals surface area (Å²) in [5.41, 5.74) is 7.65. The van der Waals surface area contributed by atoms with Gasteiger partial charge in [-0.1, -0.05) is 102 Å². The van der Waals surface area contributed by atoms with Gasteiger partial charge >= 0.3 is 17.9 Å². The summed E-state index contributed by atoms with van der Waals surface area (Å²) in [5.74, 6) is -13.7. The van der Waals surface area contributed by atoms with E-state index in [1.165, 1.54) is 12.5 Å². The molecule has 0 bridgehead atoms. The molecule has 0 radical (unpaired) electrons. The number of nitrogens with one attached hydrogen (secondary N) is 9. The number of carboxylic acid groups (broad SMARTS) is 3. The van der Waals surface area contributed by atoms with Gasteiger partial charge in [0.2, 0.25) is 47.3 Å². The van der Waals surface area contributed by atoms with E-state index in [0.717, 1.165) is 0 Å². The van der Waals surface area contributed by atoms with Crippen LogP contribution >= 0.6 is 0 Å². The molecule has 0 spiro atoms. The number of nitrogens with zero attached hydrogens (tertiary/aromatic N) is 1. The summed E-state index contributed by atoms with van der Waals surface area (Å²) in [6, 6.07) is 3.06. The molecule has 26 heteroatoms. The quantitative estimate of drug-likeness (QED) is 0.0327. The average molecular weight is 1090 g/mol. The van der Waals surface area contributed by atoms with Crippen LogP contribution in [0.15, 0.2) is 73.2 Å². The van der Waals surface area contributed by atoms with E-state index in [-0.39, 0.29) is 31.6 Å². The molecule has 0 saturated heterocycles. The van der Waals surface area contributed by atoms with Crippen LogP contribution in [-0.2, 0) is 72.0 Å². The Morgan fingerprint density at radius 2 is 0.949 bits per heavy atom. The molecule has 2 aromatic carbocycles. The van der Waals surface area contributed by atoms with Crippen molar-refractivity contribution in [2.45, 2.75) is 141 Å². The second-order valence-corrected chi connectivity index (χ2v) is 19.8. The zero-order valence-corrected chi connectivity index (χ0v) is 44.3. The Morgan fingerprint density at radius 3 is 1.41 bits per heavy atom. The molecule has 26 nitrogen and oxygen atoms in total. The van der Waals surface area contributed by atoms with Gasteiger partial charge in [0.15, 0.2) is 0 Å². The number of aliphatic carboxylic acids is 3. The molecule has 426 valence electrons. The van der Waals surface area contributed by atoms with E-state index in [4.69, 9.17) is 5.73 Å². The molecule has 3 rings (SSSR count). The standard InChI is InChI=1S/C52H73N11O15/c1-27(2)19-35(46(71)61-39(25-64)50(75)59-37(21-31-15-11-8-12-16-31)49(74)63-43(29(5)6)52(77)78)57-47(72)36(20-30-13-9-7-10-14-30)58-45(70)34(17-18-40(65)66)56-48(73)38(23-41(67)68)60-51(76)42(28(3)4)62-44(69)33(53)22-32-24-54-26-55-32/h7-16,24,26-29,33-39,42-43,64H,17-23,25,53H2,1-6H3,(H,54,55)(H,56,73)(H,57,72)(H,58,70)(H,59,75)(H,60,76)(H,61,71)(H,62,69)(H,63,74)(H,65,66)(H,67,68)(H,77,78)/t33-,34-,35-,36-,37-,38-,39-,42-,43-/m0/s1. The minimum atomic E-state index is -1.89. The van der Waals surface area contributed by atoms with E-state index in [9.17, 15) is 73.2 Å². The van der Waals surface area contributed by atoms with Crippen LogP contribution < -0.4 is 48.3 Å². The molecule has 78 heavy (non-hydrogen) atoms. The summed E-state index contributed by atoms with van der Waals surface area (Å²) in [7, 11) is 0. The average Bonchev–Trinajstić information content (AvgIpc) is 3.89. The van der Waals surface area contributed by atoms with Crippen molar-refractivity contribution in [2.75, 3.05) is 6.61 Å². The molecule has 1 aromatic heterocycles. The predicted octanol–water partition coefficient (Wildman–Crippen LogP) is -1.58. The Balaban J connectivity index is 1.89. The first kappa shape index (κ1) is 64.0. The van der Waals surface area contributed by atoms with E-state index in [1.807, 2.05) is 0 Å². The Labute approximate surface area is 450 Å². The highest BCUT2D eigenvalue weighted by Crippen LogP contribution is 2.13. The maximum absolute atomic E-state index is 14.4. The molecular formula is C52H73N11O15. The molecule has 0 aliphatic heterocycles. The van der Waals surface area contributed by atoms with E-state index in [0.29, 0.717) is 16.8 Å². The van der Waals surface area contributed by atoms with Crippen LogP contribution in [0, 0.1) is 17.8 Å². The normalized spacial score (nSPS) is 14.7. The number of carboxylic acids is 3. The second kappa shape index (κ2) is 31.7. The number of aromatic amines is 1. The van der Waals surface area contributed by atoms with E-state index in [2.05, 4.69) is 52.5 Å². The maximum atomic E-state index is 14.4. The van der Waals surface area contributed by atoms with Crippen molar-refractivity contribution < 1.29 is 73.2 Å². The number of aliphatic hydroxyl groups is 1. The molecule has 0 aliphatic carbocycles. The van der Waals surface area contributed by atoms with Gasteiger partial charge in [-0.2, -0.15) is 0 Å². The molecule has 1 heterocycles. The highest BCUT2D eigenvalue weighted by molar-refractivity contribution is 5.99. The lowest BCUT2D eigenvalue weighted by Gasteiger charge is -2.28. The van der Waals surface area contributed by atoms with Crippen molar-refractivity contribution in [1.82, 2.24) is 52.5 Å². The van der Waals surface area contributed by atoms with Crippen molar-refractivity contribution in [3.8, 4) is 0 Å². The van der Waals surface area contributed by atoms with Gasteiger partial charge in [-0.15, -0.1) is 0 Å². The fourth-order valence-electron chi connectivity index (χ4n) is 7.85. The Kier molecular flexibility index (Phi) is 26.0. The van der Waals surface area contributed by atoms with E-state index in [1.54, 1.807) is 102 Å². The minimum absolute atomic E-state index is 0.0226. The zero-order chi connectivity index (χ0) is 58.2. The van der Waals surface area contributed by atoms with E-state index < -0.39 is 157 Å². The van der Waals surface area contributed by atoms with Gasteiger partial charge < -0.3 is 73.7 Å². The number of aromatic nitrogens is 2. The number of amides is 8. The van der Waals surface area contributed by atoms with Crippen LogP contribution in [0.3, 0.4) is 0 Å². The number of hydrogen-bond acceptors (Lipinski definition) is 14. The Hall–Kier alpha value is -8.26. The van der Waals surface area contributed by atoms with Gasteiger partial charge in [-0.05, 0) is 41.7 Å². The highest BCUT2D eigenvalue weighted by Gasteiger charge is 2.37. The molecule has 9 atom stereocenters. The number of nitrogens with two attached hydrogens (primary N) is 1.